The maximum atomic E-state index is 13.1. The summed E-state index contributed by atoms with van der Waals surface area (Å²) < 4.78 is 11.1. The summed E-state index contributed by atoms with van der Waals surface area (Å²) in [6.07, 6.45) is -0.224. The molecule has 1 heterocycles. The second-order valence-corrected chi connectivity index (χ2v) is 14.1. The highest BCUT2D eigenvalue weighted by Crippen LogP contribution is 2.22. The van der Waals surface area contributed by atoms with Gasteiger partial charge in [-0.1, -0.05) is 31.2 Å². The molecular formula is C42H56N4O14. The van der Waals surface area contributed by atoms with Gasteiger partial charge >= 0.3 is 23.9 Å². The third kappa shape index (κ3) is 17.7. The number of amides is 3. The number of esters is 1. The van der Waals surface area contributed by atoms with E-state index in [9.17, 15) is 53.4 Å². The molecule has 0 aliphatic rings. The van der Waals surface area contributed by atoms with E-state index in [0.29, 0.717) is 30.6 Å². The van der Waals surface area contributed by atoms with Gasteiger partial charge in [0.1, 0.15) is 42.4 Å². The molecule has 0 radical (unpaired) electrons. The number of aromatic nitrogens is 1. The van der Waals surface area contributed by atoms with Crippen molar-refractivity contribution in [3.05, 3.63) is 59.3 Å². The topological polar surface area (TPSA) is 273 Å². The maximum Gasteiger partial charge on any atom is 0.326 e. The maximum absolute atomic E-state index is 13.1. The second-order valence-electron chi connectivity index (χ2n) is 14.1. The molecule has 5 N–H and O–H groups in total. The summed E-state index contributed by atoms with van der Waals surface area (Å²) in [6, 6.07) is 7.47. The summed E-state index contributed by atoms with van der Waals surface area (Å²) in [6.45, 7) is 7.87. The zero-order chi connectivity index (χ0) is 44.8. The highest BCUT2D eigenvalue weighted by Gasteiger charge is 2.28. The summed E-state index contributed by atoms with van der Waals surface area (Å²) in [5.41, 5.74) is 1.78. The molecule has 0 saturated carbocycles. The lowest BCUT2D eigenvalue weighted by Crippen LogP contribution is -2.41. The van der Waals surface area contributed by atoms with Crippen molar-refractivity contribution in [3.8, 4) is 5.88 Å². The summed E-state index contributed by atoms with van der Waals surface area (Å²) in [7, 11) is 0. The van der Waals surface area contributed by atoms with Gasteiger partial charge in [-0.25, -0.2) is 14.6 Å². The van der Waals surface area contributed by atoms with Crippen LogP contribution in [0.5, 0.6) is 5.88 Å². The first-order chi connectivity index (χ1) is 28.5. The number of carboxylic acid groups (broad SMARTS) is 3. The third-order valence-electron chi connectivity index (χ3n) is 9.81. The molecule has 1 aromatic heterocycles. The van der Waals surface area contributed by atoms with Crippen LogP contribution in [0.1, 0.15) is 113 Å². The van der Waals surface area contributed by atoms with E-state index in [0.717, 1.165) is 5.56 Å². The molecule has 18 nitrogen and oxygen atoms in total. The van der Waals surface area contributed by atoms with Crippen LogP contribution in [-0.2, 0) is 56.3 Å². The van der Waals surface area contributed by atoms with Crippen LogP contribution in [0.25, 0.3) is 0 Å². The molecule has 3 amide bonds. The largest absolute Gasteiger partial charge is 0.481 e. The van der Waals surface area contributed by atoms with E-state index in [1.165, 1.54) is 13.1 Å². The number of aliphatic carboxylic acids is 3. The Morgan fingerprint density at radius 2 is 1.23 bits per heavy atom. The number of ether oxygens (including phenoxy) is 2. The fourth-order valence-electron chi connectivity index (χ4n) is 6.11. The van der Waals surface area contributed by atoms with Crippen molar-refractivity contribution in [3.63, 3.8) is 0 Å². The Morgan fingerprint density at radius 3 is 1.73 bits per heavy atom. The number of benzene rings is 1. The van der Waals surface area contributed by atoms with Crippen LogP contribution in [0.4, 0.5) is 0 Å². The predicted molar refractivity (Wildman–Crippen MR) is 213 cm³/mol. The van der Waals surface area contributed by atoms with Crippen LogP contribution in [0.3, 0.4) is 0 Å². The Labute approximate surface area is 348 Å². The Kier molecular flexibility index (Phi) is 21.7. The number of Topliss-reactive ketones (excluding diaryl/α,β-unsaturated/α-hetero) is 2. The van der Waals surface area contributed by atoms with Gasteiger partial charge in [0.15, 0.2) is 0 Å². The lowest BCUT2D eigenvalue weighted by Gasteiger charge is -2.19. The second kappa shape index (κ2) is 26.0. The molecule has 18 heteroatoms. The lowest BCUT2D eigenvalue weighted by atomic mass is 9.86. The molecule has 328 valence electrons. The van der Waals surface area contributed by atoms with Gasteiger partial charge in [0.05, 0.1) is 0 Å². The highest BCUT2D eigenvalue weighted by atomic mass is 16.5. The van der Waals surface area contributed by atoms with Crippen molar-refractivity contribution >= 4 is 53.2 Å². The highest BCUT2D eigenvalue weighted by molar-refractivity contribution is 5.96. The quantitative estimate of drug-likeness (QED) is 0.0731. The van der Waals surface area contributed by atoms with Crippen molar-refractivity contribution in [2.24, 2.45) is 11.8 Å². The Balaban J connectivity index is 1.82. The summed E-state index contributed by atoms with van der Waals surface area (Å²) in [5.74, 6) is -8.23. The van der Waals surface area contributed by atoms with E-state index in [2.05, 4.69) is 15.6 Å². The molecule has 2 rings (SSSR count). The normalized spacial score (nSPS) is 12.8. The molecule has 1 aromatic carbocycles. The minimum absolute atomic E-state index is 0.0541. The van der Waals surface area contributed by atoms with Crippen LogP contribution >= 0.6 is 0 Å². The van der Waals surface area contributed by atoms with Crippen LogP contribution < -0.4 is 15.4 Å². The van der Waals surface area contributed by atoms with Crippen LogP contribution in [0.2, 0.25) is 0 Å². The summed E-state index contributed by atoms with van der Waals surface area (Å²) in [4.78, 5) is 116. The monoisotopic (exact) mass is 840 g/mol. The van der Waals surface area contributed by atoms with Crippen molar-refractivity contribution in [1.82, 2.24) is 20.5 Å². The van der Waals surface area contributed by atoms with Gasteiger partial charge in [-0.15, -0.1) is 0 Å². The molecule has 0 aliphatic carbocycles. The van der Waals surface area contributed by atoms with Gasteiger partial charge in [0.2, 0.25) is 17.7 Å². The van der Waals surface area contributed by atoms with Crippen molar-refractivity contribution in [2.75, 3.05) is 13.1 Å². The number of nitrogens with zero attached hydrogens (tertiary/aromatic N) is 2. The zero-order valence-electron chi connectivity index (χ0n) is 34.5. The Bertz CT molecular complexity index is 1810. The molecule has 0 bridgehead atoms. The number of carbonyl (C=O) groups excluding carboxylic acids is 6. The summed E-state index contributed by atoms with van der Waals surface area (Å²) >= 11 is 0. The first-order valence-electron chi connectivity index (χ1n) is 19.9. The average molecular weight is 841 g/mol. The number of carboxylic acids is 3. The molecule has 4 unspecified atom stereocenters. The van der Waals surface area contributed by atoms with Gasteiger partial charge < -0.3 is 40.3 Å². The van der Waals surface area contributed by atoms with Crippen LogP contribution in [0.15, 0.2) is 42.6 Å². The smallest absolute Gasteiger partial charge is 0.326 e. The number of nitrogens with one attached hydrogen (secondary N) is 2. The number of rotatable bonds is 29. The lowest BCUT2D eigenvalue weighted by molar-refractivity contribution is -0.147. The standard InChI is InChI=1S/C42H56N4O14/c1-5-29(14-18-35(49)44-32(41(55)56)16-20-37(51)52)34(48)23-30(26(4)47)15-19-36(50)45-33(42(57)58)17-21-38(53)59-24-27-10-12-28(13-11-27)25-60-39-31(9-8-22-43-39)40(54)46(6-2)7-3/h8-13,22,29-30,32-33H,5-7,14-21,23-25H2,1-4H3,(H,44,49)(H,45,50)(H,51,52)(H,55,56)(H,57,58). The summed E-state index contributed by atoms with van der Waals surface area (Å²) in [5, 5.41) is 32.4. The van der Waals surface area contributed by atoms with E-state index in [1.807, 2.05) is 13.8 Å². The van der Waals surface area contributed by atoms with Gasteiger partial charge in [-0.05, 0) is 76.1 Å². The molecule has 2 aromatic rings. The third-order valence-corrected chi connectivity index (χ3v) is 9.81. The number of ketones is 2. The number of hydrogen-bond acceptors (Lipinski definition) is 12. The van der Waals surface area contributed by atoms with E-state index >= 15 is 0 Å². The molecule has 0 spiro atoms. The predicted octanol–water partition coefficient (Wildman–Crippen LogP) is 3.72. The van der Waals surface area contributed by atoms with E-state index in [4.69, 9.17) is 14.6 Å². The van der Waals surface area contributed by atoms with Gasteiger partial charge in [0.25, 0.3) is 5.91 Å². The molecule has 0 saturated heterocycles. The van der Waals surface area contributed by atoms with E-state index < -0.39 is 66.0 Å². The SMILES string of the molecule is CCC(CCC(=O)NC(CCC(=O)O)C(=O)O)C(=O)CC(CCC(=O)NC(CCC(=O)OCc1ccc(COc2ncccc2C(=O)N(CC)CC)cc1)C(=O)O)C(C)=O. The minimum Gasteiger partial charge on any atom is -0.481 e. The van der Waals surface area contributed by atoms with Crippen LogP contribution in [-0.4, -0.2) is 104 Å². The van der Waals surface area contributed by atoms with Gasteiger partial charge in [-0.2, -0.15) is 0 Å². The van der Waals surface area contributed by atoms with Crippen molar-refractivity contribution in [1.29, 1.82) is 0 Å². The zero-order valence-corrected chi connectivity index (χ0v) is 34.5. The van der Waals surface area contributed by atoms with Gasteiger partial charge in [0, 0.05) is 63.2 Å². The van der Waals surface area contributed by atoms with Crippen LogP contribution in [0, 0.1) is 11.8 Å². The van der Waals surface area contributed by atoms with E-state index in [1.54, 1.807) is 48.2 Å². The number of hydrogen-bond donors (Lipinski definition) is 5. The Morgan fingerprint density at radius 1 is 0.700 bits per heavy atom. The molecule has 60 heavy (non-hydrogen) atoms. The van der Waals surface area contributed by atoms with Crippen molar-refractivity contribution in [2.45, 2.75) is 117 Å². The molecule has 0 fully saturated rings. The first-order valence-corrected chi connectivity index (χ1v) is 19.9. The Hall–Kier alpha value is -6.20. The molecule has 0 aliphatic heterocycles. The number of carbonyl (C=O) groups is 9. The molecular weight excluding hydrogens is 784 g/mol. The number of pyridine rings is 1. The fraction of sp³-hybridized carbons (Fsp3) is 0.524. The van der Waals surface area contributed by atoms with E-state index in [-0.39, 0.29) is 87.9 Å². The first kappa shape index (κ1) is 49.9. The van der Waals surface area contributed by atoms with Crippen molar-refractivity contribution < 1.29 is 67.9 Å². The van der Waals surface area contributed by atoms with Gasteiger partial charge in [-0.3, -0.25) is 33.6 Å². The average Bonchev–Trinajstić information content (AvgIpc) is 3.21. The molecule has 4 atom stereocenters. The minimum atomic E-state index is -1.43. The fourth-order valence-corrected chi connectivity index (χ4v) is 6.11.